The summed E-state index contributed by atoms with van der Waals surface area (Å²) in [5, 5.41) is 12.3. The van der Waals surface area contributed by atoms with Gasteiger partial charge in [-0.1, -0.05) is 60.3 Å². The van der Waals surface area contributed by atoms with Gasteiger partial charge in [-0.2, -0.15) is 0 Å². The Balaban J connectivity index is 1.48. The molecule has 3 aromatic carbocycles. The number of methoxy groups -OCH3 is 1. The third-order valence-corrected chi connectivity index (χ3v) is 6.00. The number of aromatic nitrogens is 3. The quantitative estimate of drug-likeness (QED) is 0.332. The molecular formula is C26H26N4O3S. The molecule has 0 aliphatic heterocycles. The highest BCUT2D eigenvalue weighted by molar-refractivity contribution is 7.99. The molecule has 174 valence electrons. The van der Waals surface area contributed by atoms with Gasteiger partial charge in [-0.3, -0.25) is 9.36 Å². The van der Waals surface area contributed by atoms with Crippen molar-refractivity contribution in [2.24, 2.45) is 0 Å². The second kappa shape index (κ2) is 11.4. The molecule has 1 amide bonds. The molecule has 4 aromatic rings. The van der Waals surface area contributed by atoms with Crippen LogP contribution in [0.3, 0.4) is 0 Å². The summed E-state index contributed by atoms with van der Waals surface area (Å²) in [6, 6.07) is 27.0. The molecule has 8 heteroatoms. The Labute approximate surface area is 203 Å². The van der Waals surface area contributed by atoms with Crippen molar-refractivity contribution >= 4 is 17.7 Å². The van der Waals surface area contributed by atoms with Crippen molar-refractivity contribution in [2.75, 3.05) is 12.9 Å². The number of rotatable bonds is 10. The summed E-state index contributed by atoms with van der Waals surface area (Å²) in [4.78, 5) is 12.4. The molecule has 0 saturated carbocycles. The minimum Gasteiger partial charge on any atom is -0.497 e. The molecule has 1 atom stereocenters. The molecule has 0 fully saturated rings. The van der Waals surface area contributed by atoms with Gasteiger partial charge in [-0.25, -0.2) is 0 Å². The van der Waals surface area contributed by atoms with Crippen LogP contribution in [-0.4, -0.2) is 33.5 Å². The maximum Gasteiger partial charge on any atom is 0.230 e. The molecule has 0 saturated heterocycles. The molecule has 0 aliphatic carbocycles. The van der Waals surface area contributed by atoms with E-state index in [1.165, 1.54) is 11.8 Å². The minimum absolute atomic E-state index is 0.0689. The van der Waals surface area contributed by atoms with E-state index < -0.39 is 0 Å². The number of benzene rings is 3. The van der Waals surface area contributed by atoms with Crippen LogP contribution in [0, 0.1) is 0 Å². The molecule has 1 heterocycles. The maximum absolute atomic E-state index is 12.4. The van der Waals surface area contributed by atoms with Gasteiger partial charge in [-0.15, -0.1) is 10.2 Å². The summed E-state index contributed by atoms with van der Waals surface area (Å²) in [5.74, 6) is 2.27. The number of nitrogens with one attached hydrogen (secondary N) is 1. The van der Waals surface area contributed by atoms with Crippen molar-refractivity contribution in [2.45, 2.75) is 24.7 Å². The van der Waals surface area contributed by atoms with Gasteiger partial charge in [0.2, 0.25) is 5.91 Å². The number of thioether (sulfide) groups is 1. The number of hydrogen-bond acceptors (Lipinski definition) is 6. The van der Waals surface area contributed by atoms with Crippen molar-refractivity contribution in [3.8, 4) is 17.2 Å². The average molecular weight is 475 g/mol. The van der Waals surface area contributed by atoms with E-state index in [9.17, 15) is 4.79 Å². The number of carbonyl (C=O) groups is 1. The lowest BCUT2D eigenvalue weighted by atomic mass is 10.2. The SMILES string of the molecule is COc1ccc(OC(C)c2nnc(SCC(=O)NCc3ccccc3)n2-c2ccccc2)cc1. The van der Waals surface area contributed by atoms with Gasteiger partial charge in [0.1, 0.15) is 11.5 Å². The standard InChI is InChI=1S/C26H26N4O3S/c1-19(33-23-15-13-22(32-2)14-16-23)25-28-29-26(30(25)21-11-7-4-8-12-21)34-18-24(31)27-17-20-9-5-3-6-10-20/h3-16,19H,17-18H2,1-2H3,(H,27,31). The van der Waals surface area contributed by atoms with Crippen molar-refractivity contribution in [3.05, 3.63) is 96.3 Å². The molecule has 0 bridgehead atoms. The Hall–Kier alpha value is -3.78. The first-order chi connectivity index (χ1) is 16.6. The first-order valence-electron chi connectivity index (χ1n) is 10.9. The molecule has 1 aromatic heterocycles. The smallest absolute Gasteiger partial charge is 0.230 e. The number of amides is 1. The summed E-state index contributed by atoms with van der Waals surface area (Å²) in [6.45, 7) is 2.41. The monoisotopic (exact) mass is 474 g/mol. The lowest BCUT2D eigenvalue weighted by Crippen LogP contribution is -2.24. The van der Waals surface area contributed by atoms with Crippen LogP contribution < -0.4 is 14.8 Å². The van der Waals surface area contributed by atoms with E-state index in [0.29, 0.717) is 23.3 Å². The maximum atomic E-state index is 12.4. The number of hydrogen-bond donors (Lipinski definition) is 1. The summed E-state index contributed by atoms with van der Waals surface area (Å²) in [5.41, 5.74) is 1.96. The molecule has 0 aliphatic rings. The predicted molar refractivity (Wildman–Crippen MR) is 132 cm³/mol. The minimum atomic E-state index is -0.373. The Morgan fingerprint density at radius 1 is 0.941 bits per heavy atom. The summed E-state index contributed by atoms with van der Waals surface area (Å²) in [6.07, 6.45) is -0.373. The van der Waals surface area contributed by atoms with E-state index in [4.69, 9.17) is 9.47 Å². The fourth-order valence-corrected chi connectivity index (χ4v) is 4.14. The lowest BCUT2D eigenvalue weighted by Gasteiger charge is -2.17. The van der Waals surface area contributed by atoms with Gasteiger partial charge in [-0.05, 0) is 48.9 Å². The van der Waals surface area contributed by atoms with Crippen molar-refractivity contribution in [1.82, 2.24) is 20.1 Å². The Kier molecular flexibility index (Phi) is 7.83. The normalized spacial score (nSPS) is 11.6. The third-order valence-electron chi connectivity index (χ3n) is 5.07. The Morgan fingerprint density at radius 3 is 2.26 bits per heavy atom. The van der Waals surface area contributed by atoms with E-state index in [1.54, 1.807) is 7.11 Å². The molecular weight excluding hydrogens is 448 g/mol. The number of nitrogens with zero attached hydrogens (tertiary/aromatic N) is 3. The molecule has 0 spiro atoms. The third kappa shape index (κ3) is 5.96. The van der Waals surface area contributed by atoms with E-state index in [2.05, 4.69) is 15.5 Å². The zero-order valence-electron chi connectivity index (χ0n) is 19.0. The first-order valence-corrected chi connectivity index (χ1v) is 11.9. The van der Waals surface area contributed by atoms with Gasteiger partial charge >= 0.3 is 0 Å². The van der Waals surface area contributed by atoms with Crippen LogP contribution >= 0.6 is 11.8 Å². The van der Waals surface area contributed by atoms with Crippen LogP contribution in [-0.2, 0) is 11.3 Å². The Morgan fingerprint density at radius 2 is 1.59 bits per heavy atom. The number of ether oxygens (including phenoxy) is 2. The zero-order valence-corrected chi connectivity index (χ0v) is 19.9. The molecule has 7 nitrogen and oxygen atoms in total. The van der Waals surface area contributed by atoms with Crippen molar-refractivity contribution in [3.63, 3.8) is 0 Å². The van der Waals surface area contributed by atoms with Crippen LogP contribution in [0.5, 0.6) is 11.5 Å². The number of para-hydroxylation sites is 1. The molecule has 1 N–H and O–H groups in total. The van der Waals surface area contributed by atoms with Crippen LogP contribution in [0.15, 0.2) is 90.1 Å². The van der Waals surface area contributed by atoms with Crippen LogP contribution in [0.25, 0.3) is 5.69 Å². The summed E-state index contributed by atoms with van der Waals surface area (Å²) < 4.78 is 13.3. The van der Waals surface area contributed by atoms with Crippen LogP contribution in [0.4, 0.5) is 0 Å². The molecule has 34 heavy (non-hydrogen) atoms. The van der Waals surface area contributed by atoms with Crippen LogP contribution in [0.1, 0.15) is 24.4 Å². The van der Waals surface area contributed by atoms with E-state index in [0.717, 1.165) is 17.0 Å². The molecule has 0 radical (unpaired) electrons. The average Bonchev–Trinajstić information content (AvgIpc) is 3.32. The van der Waals surface area contributed by atoms with E-state index >= 15 is 0 Å². The summed E-state index contributed by atoms with van der Waals surface area (Å²) >= 11 is 1.34. The first kappa shape index (κ1) is 23.4. The second-order valence-corrected chi connectivity index (χ2v) is 8.44. The fraction of sp³-hybridized carbons (Fsp3) is 0.192. The Bertz CT molecular complexity index is 1200. The predicted octanol–water partition coefficient (Wildman–Crippen LogP) is 4.82. The van der Waals surface area contributed by atoms with Gasteiger partial charge < -0.3 is 14.8 Å². The van der Waals surface area contributed by atoms with Crippen molar-refractivity contribution in [1.29, 1.82) is 0 Å². The topological polar surface area (TPSA) is 78.3 Å². The number of carbonyl (C=O) groups excluding carboxylic acids is 1. The van der Waals surface area contributed by atoms with Crippen molar-refractivity contribution < 1.29 is 14.3 Å². The molecule has 1 unspecified atom stereocenters. The van der Waals surface area contributed by atoms with Gasteiger partial charge in [0.25, 0.3) is 0 Å². The highest BCUT2D eigenvalue weighted by Gasteiger charge is 2.21. The fourth-order valence-electron chi connectivity index (χ4n) is 3.35. The highest BCUT2D eigenvalue weighted by Crippen LogP contribution is 2.28. The highest BCUT2D eigenvalue weighted by atomic mass is 32.2. The van der Waals surface area contributed by atoms with Gasteiger partial charge in [0.15, 0.2) is 17.1 Å². The van der Waals surface area contributed by atoms with E-state index in [-0.39, 0.29) is 17.8 Å². The van der Waals surface area contributed by atoms with Gasteiger partial charge in [0, 0.05) is 12.2 Å². The second-order valence-electron chi connectivity index (χ2n) is 7.50. The molecule has 4 rings (SSSR count). The van der Waals surface area contributed by atoms with E-state index in [1.807, 2.05) is 96.4 Å². The lowest BCUT2D eigenvalue weighted by molar-refractivity contribution is -0.118. The van der Waals surface area contributed by atoms with Gasteiger partial charge in [0.05, 0.1) is 12.9 Å². The summed E-state index contributed by atoms with van der Waals surface area (Å²) in [7, 11) is 1.63. The zero-order chi connectivity index (χ0) is 23.8. The van der Waals surface area contributed by atoms with Crippen LogP contribution in [0.2, 0.25) is 0 Å². The largest absolute Gasteiger partial charge is 0.497 e.